The van der Waals surface area contributed by atoms with Crippen LogP contribution in [0.15, 0.2) is 0 Å². The second-order valence-electron chi connectivity index (χ2n) is 1.78. The van der Waals surface area contributed by atoms with Crippen molar-refractivity contribution in [1.82, 2.24) is 5.32 Å². The van der Waals surface area contributed by atoms with Gasteiger partial charge in [-0.1, -0.05) is 0 Å². The molecule has 0 aliphatic heterocycles. The normalized spacial score (nSPS) is 11.1. The topological polar surface area (TPSA) is 49.3 Å². The van der Waals surface area contributed by atoms with Gasteiger partial charge in [-0.2, -0.15) is 0 Å². The molecule has 1 amide bonds. The number of nitrogens with one attached hydrogen (secondary N) is 1. The Morgan fingerprint density at radius 1 is 1.90 bits per heavy atom. The van der Waals surface area contributed by atoms with Crippen LogP contribution in [0.3, 0.4) is 0 Å². The quantitative estimate of drug-likeness (QED) is 0.616. The zero-order valence-corrected chi connectivity index (χ0v) is 7.10. The third kappa shape index (κ3) is 5.60. The molecule has 0 fully saturated rings. The number of rotatable bonds is 2. The Morgan fingerprint density at radius 3 is 2.90 bits per heavy atom. The third-order valence-corrected chi connectivity index (χ3v) is 0.917. The van der Waals surface area contributed by atoms with Crippen LogP contribution in [-0.2, 0) is 4.79 Å². The second kappa shape index (κ2) is 5.27. The first-order valence-corrected chi connectivity index (χ1v) is 3.53. The lowest BCUT2D eigenvalue weighted by Gasteiger charge is -2.01. The summed E-state index contributed by atoms with van der Waals surface area (Å²) in [6, 6.07) is 0. The van der Waals surface area contributed by atoms with Gasteiger partial charge in [-0.25, -0.2) is 0 Å². The maximum absolute atomic E-state index is 10.5. The predicted octanol–water partition coefficient (Wildman–Crippen LogP) is -0.161. The molecule has 0 aromatic rings. The lowest BCUT2D eigenvalue weighted by atomic mass is 10.4. The molecule has 10 heavy (non-hydrogen) atoms. The monoisotopic (exact) mass is 205 g/mol. The van der Waals surface area contributed by atoms with Crippen molar-refractivity contribution in [2.45, 2.75) is 13.0 Å². The number of carbonyl (C=O) groups is 1. The molecule has 2 N–H and O–H groups in total. The molecule has 0 rings (SSSR count). The van der Waals surface area contributed by atoms with Gasteiger partial charge in [0.25, 0.3) is 5.91 Å². The van der Waals surface area contributed by atoms with E-state index in [1.165, 1.54) is 0 Å². The summed E-state index contributed by atoms with van der Waals surface area (Å²) in [5.74, 6) is 1.82. The summed E-state index contributed by atoms with van der Waals surface area (Å²) in [4.78, 5) is 12.8. The molecule has 4 heteroatoms. The molecule has 0 aromatic carbocycles. The summed E-state index contributed by atoms with van der Waals surface area (Å²) >= 11 is 2.77. The maximum Gasteiger partial charge on any atom is 0.296 e. The molecule has 0 heterocycles. The molecule has 3 nitrogen and oxygen atoms in total. The second-order valence-corrected chi connectivity index (χ2v) is 2.18. The Morgan fingerprint density at radius 2 is 2.50 bits per heavy atom. The number of halogens is 1. The SMILES string of the molecule is C[C@@H](O)CNC(=O)C#CBr. The summed E-state index contributed by atoms with van der Waals surface area (Å²) in [6.45, 7) is 1.82. The molecule has 0 aliphatic carbocycles. The van der Waals surface area contributed by atoms with E-state index in [2.05, 4.69) is 32.0 Å². The molecule has 0 radical (unpaired) electrons. The largest absolute Gasteiger partial charge is 0.392 e. The van der Waals surface area contributed by atoms with Crippen molar-refractivity contribution in [1.29, 1.82) is 0 Å². The van der Waals surface area contributed by atoms with Crippen LogP contribution in [0, 0.1) is 10.8 Å². The van der Waals surface area contributed by atoms with E-state index in [1.54, 1.807) is 6.92 Å². The Balaban J connectivity index is 3.47. The molecule has 0 aliphatic rings. The fourth-order valence-electron chi connectivity index (χ4n) is 0.328. The molecule has 56 valence electrons. The predicted molar refractivity (Wildman–Crippen MR) is 41.4 cm³/mol. The van der Waals surface area contributed by atoms with Crippen LogP contribution in [0.5, 0.6) is 0 Å². The summed E-state index contributed by atoms with van der Waals surface area (Å²) in [5.41, 5.74) is 0. The molecule has 0 saturated carbocycles. The van der Waals surface area contributed by atoms with E-state index in [-0.39, 0.29) is 6.54 Å². The summed E-state index contributed by atoms with van der Waals surface area (Å²) in [6.07, 6.45) is -0.527. The van der Waals surface area contributed by atoms with Crippen molar-refractivity contribution in [2.75, 3.05) is 6.54 Å². The van der Waals surface area contributed by atoms with Crippen molar-refractivity contribution >= 4 is 21.8 Å². The Labute approximate surface area is 67.9 Å². The minimum Gasteiger partial charge on any atom is -0.392 e. The molecule has 0 spiro atoms. The number of hydrogen-bond donors (Lipinski definition) is 2. The van der Waals surface area contributed by atoms with Crippen molar-refractivity contribution in [3.8, 4) is 10.8 Å². The van der Waals surface area contributed by atoms with Crippen molar-refractivity contribution < 1.29 is 9.90 Å². The maximum atomic E-state index is 10.5. The Bertz CT molecular complexity index is 168. The minimum atomic E-state index is -0.527. The van der Waals surface area contributed by atoms with E-state index in [9.17, 15) is 4.79 Å². The zero-order valence-electron chi connectivity index (χ0n) is 5.52. The Hall–Kier alpha value is -0.530. The summed E-state index contributed by atoms with van der Waals surface area (Å²) < 4.78 is 0. The standard InChI is InChI=1S/C6H8BrNO2/c1-5(9)4-8-6(10)2-3-7/h5,9H,4H2,1H3,(H,8,10)/t5-/m1/s1. The van der Waals surface area contributed by atoms with Gasteiger partial charge in [0.1, 0.15) is 0 Å². The Kier molecular flexibility index (Phi) is 4.99. The van der Waals surface area contributed by atoms with Crippen LogP contribution in [0.2, 0.25) is 0 Å². The van der Waals surface area contributed by atoms with Crippen LogP contribution >= 0.6 is 15.9 Å². The van der Waals surface area contributed by atoms with Gasteiger partial charge in [-0.3, -0.25) is 4.79 Å². The van der Waals surface area contributed by atoms with Crippen LogP contribution in [0.4, 0.5) is 0 Å². The van der Waals surface area contributed by atoms with E-state index in [0.717, 1.165) is 0 Å². The minimum absolute atomic E-state index is 0.237. The fraction of sp³-hybridized carbons (Fsp3) is 0.500. The van der Waals surface area contributed by atoms with Crippen LogP contribution in [0.25, 0.3) is 0 Å². The number of hydrogen-bond acceptors (Lipinski definition) is 2. The average molecular weight is 206 g/mol. The highest BCUT2D eigenvalue weighted by Gasteiger charge is 1.96. The summed E-state index contributed by atoms with van der Waals surface area (Å²) in [5, 5.41) is 11.1. The lowest BCUT2D eigenvalue weighted by Crippen LogP contribution is -2.29. The van der Waals surface area contributed by atoms with Gasteiger partial charge in [-0.15, -0.1) is 0 Å². The van der Waals surface area contributed by atoms with Gasteiger partial charge in [0.15, 0.2) is 0 Å². The van der Waals surface area contributed by atoms with Gasteiger partial charge < -0.3 is 10.4 Å². The number of amides is 1. The van der Waals surface area contributed by atoms with Crippen LogP contribution in [-0.4, -0.2) is 23.7 Å². The lowest BCUT2D eigenvalue weighted by molar-refractivity contribution is -0.116. The van der Waals surface area contributed by atoms with Gasteiger partial charge in [0.2, 0.25) is 0 Å². The van der Waals surface area contributed by atoms with Crippen molar-refractivity contribution in [2.24, 2.45) is 0 Å². The highest BCUT2D eigenvalue weighted by Crippen LogP contribution is 1.75. The molecule has 0 bridgehead atoms. The number of aliphatic hydroxyl groups is 1. The molecule has 0 unspecified atom stereocenters. The fourth-order valence-corrected chi connectivity index (χ4v) is 0.508. The van der Waals surface area contributed by atoms with E-state index in [4.69, 9.17) is 5.11 Å². The number of carbonyl (C=O) groups excluding carboxylic acids is 1. The van der Waals surface area contributed by atoms with Crippen LogP contribution < -0.4 is 5.32 Å². The van der Waals surface area contributed by atoms with E-state index in [0.29, 0.717) is 0 Å². The highest BCUT2D eigenvalue weighted by molar-refractivity contribution is 9.12. The van der Waals surface area contributed by atoms with Gasteiger partial charge >= 0.3 is 0 Å². The molecule has 0 saturated heterocycles. The van der Waals surface area contributed by atoms with Gasteiger partial charge in [0, 0.05) is 28.4 Å². The smallest absolute Gasteiger partial charge is 0.296 e. The van der Waals surface area contributed by atoms with Crippen LogP contribution in [0.1, 0.15) is 6.92 Å². The highest BCUT2D eigenvalue weighted by atomic mass is 79.9. The van der Waals surface area contributed by atoms with E-state index >= 15 is 0 Å². The van der Waals surface area contributed by atoms with Crippen molar-refractivity contribution in [3.05, 3.63) is 0 Å². The molecular weight excluding hydrogens is 198 g/mol. The van der Waals surface area contributed by atoms with E-state index < -0.39 is 12.0 Å². The summed E-state index contributed by atoms with van der Waals surface area (Å²) in [7, 11) is 0. The van der Waals surface area contributed by atoms with Gasteiger partial charge in [-0.05, 0) is 11.8 Å². The first-order valence-electron chi connectivity index (χ1n) is 2.74. The van der Waals surface area contributed by atoms with Gasteiger partial charge in [0.05, 0.1) is 6.10 Å². The first kappa shape index (κ1) is 9.47. The van der Waals surface area contributed by atoms with Crippen molar-refractivity contribution in [3.63, 3.8) is 0 Å². The zero-order chi connectivity index (χ0) is 7.98. The first-order chi connectivity index (χ1) is 4.66. The third-order valence-electron chi connectivity index (χ3n) is 0.719. The average Bonchev–Trinajstić information content (AvgIpc) is 1.85. The number of aliphatic hydroxyl groups excluding tert-OH is 1. The van der Waals surface area contributed by atoms with E-state index in [1.807, 2.05) is 0 Å². The molecule has 1 atom stereocenters. The molecular formula is C6H8BrNO2. The molecule has 0 aromatic heterocycles.